The van der Waals surface area contributed by atoms with Gasteiger partial charge in [0.05, 0.1) is 11.5 Å². The fourth-order valence-corrected chi connectivity index (χ4v) is 4.31. The van der Waals surface area contributed by atoms with E-state index in [1.54, 1.807) is 6.07 Å². The van der Waals surface area contributed by atoms with Crippen molar-refractivity contribution >= 4 is 27.3 Å². The molecular formula is C15H20N2O4S. The van der Waals surface area contributed by atoms with Gasteiger partial charge in [0.1, 0.15) is 6.54 Å². The Kier molecular flexibility index (Phi) is 4.85. The predicted octanol–water partition coefficient (Wildman–Crippen LogP) is 0.969. The van der Waals surface area contributed by atoms with Crippen molar-refractivity contribution < 1.29 is 18.0 Å². The highest BCUT2D eigenvalue weighted by Gasteiger charge is 2.34. The maximum Gasteiger partial charge on any atom is 0.244 e. The lowest BCUT2D eigenvalue weighted by atomic mass is 10.2. The van der Waals surface area contributed by atoms with Gasteiger partial charge in [-0.3, -0.25) is 9.59 Å². The molecule has 0 spiro atoms. The fourth-order valence-electron chi connectivity index (χ4n) is 2.58. The topological polar surface area (TPSA) is 83.6 Å². The molecule has 1 saturated heterocycles. The fraction of sp³-hybridized carbons (Fsp3) is 0.467. The van der Waals surface area contributed by atoms with Gasteiger partial charge >= 0.3 is 0 Å². The molecule has 2 amide bonds. The van der Waals surface area contributed by atoms with Crippen molar-refractivity contribution in [2.75, 3.05) is 23.4 Å². The highest BCUT2D eigenvalue weighted by molar-refractivity contribution is 7.91. The third-order valence-electron chi connectivity index (χ3n) is 3.79. The third kappa shape index (κ3) is 4.07. The average Bonchev–Trinajstić information content (AvgIpc) is 2.78. The largest absolute Gasteiger partial charge is 0.330 e. The molecule has 120 valence electrons. The second-order valence-electron chi connectivity index (χ2n) is 5.57. The first-order valence-corrected chi connectivity index (χ1v) is 8.94. The zero-order valence-corrected chi connectivity index (χ0v) is 13.5. The third-order valence-corrected chi connectivity index (χ3v) is 5.54. The smallest absolute Gasteiger partial charge is 0.244 e. The minimum atomic E-state index is -3.10. The van der Waals surface area contributed by atoms with Crippen molar-refractivity contribution in [1.82, 2.24) is 4.90 Å². The summed E-state index contributed by atoms with van der Waals surface area (Å²) in [6.45, 7) is 3.09. The molecule has 1 atom stereocenters. The number of anilines is 1. The lowest BCUT2D eigenvalue weighted by Crippen LogP contribution is -2.44. The molecule has 0 aromatic heterocycles. The van der Waals surface area contributed by atoms with E-state index >= 15 is 0 Å². The number of nitrogens with one attached hydrogen (secondary N) is 1. The van der Waals surface area contributed by atoms with E-state index < -0.39 is 15.9 Å². The van der Waals surface area contributed by atoms with Crippen LogP contribution in [0.1, 0.15) is 18.9 Å². The van der Waals surface area contributed by atoms with Crippen molar-refractivity contribution in [2.45, 2.75) is 26.3 Å². The molecule has 0 radical (unpaired) electrons. The van der Waals surface area contributed by atoms with Crippen LogP contribution >= 0.6 is 0 Å². The number of sulfone groups is 1. The van der Waals surface area contributed by atoms with Gasteiger partial charge in [-0.2, -0.15) is 0 Å². The Morgan fingerprint density at radius 3 is 2.55 bits per heavy atom. The van der Waals surface area contributed by atoms with Crippen LogP contribution < -0.4 is 5.32 Å². The van der Waals surface area contributed by atoms with E-state index in [-0.39, 0.29) is 29.9 Å². The minimum absolute atomic E-state index is 0.0653. The van der Waals surface area contributed by atoms with Crippen LogP contribution in [0.3, 0.4) is 0 Å². The summed E-state index contributed by atoms with van der Waals surface area (Å²) in [5.41, 5.74) is 1.61. The summed E-state index contributed by atoms with van der Waals surface area (Å²) in [4.78, 5) is 25.2. The Bertz CT molecular complexity index is 685. The molecule has 1 aliphatic heterocycles. The van der Waals surface area contributed by atoms with E-state index in [2.05, 4.69) is 5.32 Å². The molecule has 1 fully saturated rings. The summed E-state index contributed by atoms with van der Waals surface area (Å²) in [5, 5.41) is 2.76. The van der Waals surface area contributed by atoms with Gasteiger partial charge in [0, 0.05) is 18.7 Å². The number of nitrogens with zero attached hydrogens (tertiary/aromatic N) is 1. The minimum Gasteiger partial charge on any atom is -0.330 e. The number of carbonyl (C=O) groups is 2. The Morgan fingerprint density at radius 2 is 2.00 bits per heavy atom. The maximum atomic E-state index is 12.1. The van der Waals surface area contributed by atoms with E-state index in [0.717, 1.165) is 5.56 Å². The number of amides is 2. The summed E-state index contributed by atoms with van der Waals surface area (Å²) < 4.78 is 23.1. The number of carbonyl (C=O) groups excluding carboxylic acids is 2. The molecule has 0 aliphatic carbocycles. The predicted molar refractivity (Wildman–Crippen MR) is 84.3 cm³/mol. The first-order valence-electron chi connectivity index (χ1n) is 7.11. The molecular weight excluding hydrogens is 304 g/mol. The van der Waals surface area contributed by atoms with Crippen molar-refractivity contribution in [1.29, 1.82) is 0 Å². The maximum absolute atomic E-state index is 12.1. The quantitative estimate of drug-likeness (QED) is 0.894. The van der Waals surface area contributed by atoms with E-state index in [1.807, 2.05) is 25.1 Å². The van der Waals surface area contributed by atoms with E-state index in [9.17, 15) is 18.0 Å². The summed E-state index contributed by atoms with van der Waals surface area (Å²) in [6.07, 6.45) is 0.388. The summed E-state index contributed by atoms with van der Waals surface area (Å²) in [6, 6.07) is 6.93. The number of benzene rings is 1. The SMILES string of the molecule is CC(=O)N(CC(=O)Nc1ccccc1C)C1CCS(=O)(=O)C1. The van der Waals surface area contributed by atoms with Gasteiger partial charge in [-0.1, -0.05) is 18.2 Å². The molecule has 1 unspecified atom stereocenters. The van der Waals surface area contributed by atoms with E-state index in [1.165, 1.54) is 11.8 Å². The van der Waals surface area contributed by atoms with Crippen LogP contribution in [-0.4, -0.2) is 49.2 Å². The van der Waals surface area contributed by atoms with Crippen LogP contribution in [0.25, 0.3) is 0 Å². The van der Waals surface area contributed by atoms with Gasteiger partial charge in [0.15, 0.2) is 9.84 Å². The normalized spacial score (nSPS) is 19.6. The Balaban J connectivity index is 2.04. The molecule has 1 heterocycles. The van der Waals surface area contributed by atoms with Gasteiger partial charge in [0.25, 0.3) is 0 Å². The number of rotatable bonds is 4. The lowest BCUT2D eigenvalue weighted by Gasteiger charge is -2.26. The molecule has 22 heavy (non-hydrogen) atoms. The summed E-state index contributed by atoms with van der Waals surface area (Å²) >= 11 is 0. The van der Waals surface area contributed by atoms with Crippen LogP contribution in [0.15, 0.2) is 24.3 Å². The van der Waals surface area contributed by atoms with Crippen molar-refractivity contribution in [3.63, 3.8) is 0 Å². The number of aryl methyl sites for hydroxylation is 1. The van der Waals surface area contributed by atoms with Crippen LogP contribution in [-0.2, 0) is 19.4 Å². The molecule has 1 aliphatic rings. The van der Waals surface area contributed by atoms with Gasteiger partial charge in [0.2, 0.25) is 11.8 Å². The second kappa shape index (κ2) is 6.48. The van der Waals surface area contributed by atoms with Crippen LogP contribution in [0.4, 0.5) is 5.69 Å². The highest BCUT2D eigenvalue weighted by Crippen LogP contribution is 2.18. The lowest BCUT2D eigenvalue weighted by molar-refractivity contribution is -0.134. The van der Waals surface area contributed by atoms with Crippen molar-refractivity contribution in [3.05, 3.63) is 29.8 Å². The Hall–Kier alpha value is -1.89. The standard InChI is InChI=1S/C15H20N2O4S/c1-11-5-3-4-6-14(11)16-15(19)9-17(12(2)18)13-7-8-22(20,21)10-13/h3-6,13H,7-10H2,1-2H3,(H,16,19). The monoisotopic (exact) mass is 324 g/mol. The molecule has 2 rings (SSSR count). The van der Waals surface area contributed by atoms with Crippen LogP contribution in [0.2, 0.25) is 0 Å². The highest BCUT2D eigenvalue weighted by atomic mass is 32.2. The molecule has 7 heteroatoms. The number of para-hydroxylation sites is 1. The average molecular weight is 324 g/mol. The first-order chi connectivity index (χ1) is 10.3. The molecule has 1 N–H and O–H groups in total. The Morgan fingerprint density at radius 1 is 1.32 bits per heavy atom. The second-order valence-corrected chi connectivity index (χ2v) is 7.80. The van der Waals surface area contributed by atoms with Gasteiger partial charge < -0.3 is 10.2 Å². The zero-order valence-electron chi connectivity index (χ0n) is 12.7. The van der Waals surface area contributed by atoms with Crippen LogP contribution in [0.5, 0.6) is 0 Å². The molecule has 0 saturated carbocycles. The molecule has 1 aromatic carbocycles. The van der Waals surface area contributed by atoms with E-state index in [0.29, 0.717) is 12.1 Å². The summed E-state index contributed by atoms with van der Waals surface area (Å²) in [5.74, 6) is -0.610. The van der Waals surface area contributed by atoms with Gasteiger partial charge in [-0.05, 0) is 25.0 Å². The number of hydrogen-bond donors (Lipinski definition) is 1. The van der Waals surface area contributed by atoms with Gasteiger partial charge in [-0.15, -0.1) is 0 Å². The van der Waals surface area contributed by atoms with Crippen molar-refractivity contribution in [3.8, 4) is 0 Å². The Labute approximate surface area is 130 Å². The van der Waals surface area contributed by atoms with Crippen LogP contribution in [0, 0.1) is 6.92 Å². The van der Waals surface area contributed by atoms with E-state index in [4.69, 9.17) is 0 Å². The number of hydrogen-bond acceptors (Lipinski definition) is 4. The molecule has 0 bridgehead atoms. The summed E-state index contributed by atoms with van der Waals surface area (Å²) in [7, 11) is -3.10. The van der Waals surface area contributed by atoms with Gasteiger partial charge in [-0.25, -0.2) is 8.42 Å². The molecule has 1 aromatic rings. The van der Waals surface area contributed by atoms with Crippen molar-refractivity contribution in [2.24, 2.45) is 0 Å². The zero-order chi connectivity index (χ0) is 16.3. The first kappa shape index (κ1) is 16.5. The molecule has 6 nitrogen and oxygen atoms in total.